The predicted molar refractivity (Wildman–Crippen MR) is 84.3 cm³/mol. The molecule has 0 radical (unpaired) electrons. The molecular formula is C17H12N4O. The molecule has 0 fully saturated rings. The summed E-state index contributed by atoms with van der Waals surface area (Å²) in [4.78, 5) is 16.2. The molecule has 1 amide bonds. The van der Waals surface area contributed by atoms with Crippen LogP contribution in [0.5, 0.6) is 0 Å². The van der Waals surface area contributed by atoms with Gasteiger partial charge in [-0.3, -0.25) is 10.2 Å². The molecule has 22 heavy (non-hydrogen) atoms. The fourth-order valence-corrected chi connectivity index (χ4v) is 2.04. The molecule has 3 rings (SSSR count). The van der Waals surface area contributed by atoms with Crippen LogP contribution in [0, 0.1) is 11.3 Å². The van der Waals surface area contributed by atoms with E-state index in [-0.39, 0.29) is 5.91 Å². The van der Waals surface area contributed by atoms with E-state index in [4.69, 9.17) is 5.26 Å². The second kappa shape index (κ2) is 5.94. The van der Waals surface area contributed by atoms with Gasteiger partial charge in [0.15, 0.2) is 0 Å². The van der Waals surface area contributed by atoms with E-state index in [0.29, 0.717) is 5.56 Å². The Morgan fingerprint density at radius 2 is 1.95 bits per heavy atom. The summed E-state index contributed by atoms with van der Waals surface area (Å²) in [6.45, 7) is 0. The molecule has 0 saturated carbocycles. The van der Waals surface area contributed by atoms with Gasteiger partial charge in [-0.25, -0.2) is 9.66 Å². The Balaban J connectivity index is 1.72. The van der Waals surface area contributed by atoms with E-state index in [1.807, 2.05) is 24.3 Å². The summed E-state index contributed by atoms with van der Waals surface area (Å²) in [6, 6.07) is 16.6. The summed E-state index contributed by atoms with van der Waals surface area (Å²) in [5.41, 5.74) is 5.83. The Labute approximate surface area is 127 Å². The third-order valence-electron chi connectivity index (χ3n) is 3.15. The van der Waals surface area contributed by atoms with E-state index in [1.165, 1.54) is 6.08 Å². The second-order valence-electron chi connectivity index (χ2n) is 4.65. The molecule has 0 saturated heterocycles. The Bertz CT molecular complexity index is 885. The topological polar surface area (TPSA) is 70.7 Å². The van der Waals surface area contributed by atoms with Crippen molar-refractivity contribution >= 4 is 23.0 Å². The van der Waals surface area contributed by atoms with Gasteiger partial charge in [-0.15, -0.1) is 0 Å². The molecule has 1 N–H and O–H groups in total. The summed E-state index contributed by atoms with van der Waals surface area (Å²) in [5.74, 6) is -0.257. The summed E-state index contributed by atoms with van der Waals surface area (Å²) in [5, 5.41) is 8.74. The lowest BCUT2D eigenvalue weighted by Gasteiger charge is -2.03. The molecule has 0 aliphatic rings. The predicted octanol–water partition coefficient (Wildman–Crippen LogP) is 2.69. The molecule has 1 aromatic heterocycles. The van der Waals surface area contributed by atoms with Crippen molar-refractivity contribution in [2.75, 3.05) is 5.43 Å². The zero-order chi connectivity index (χ0) is 15.4. The van der Waals surface area contributed by atoms with Crippen LogP contribution in [-0.2, 0) is 4.79 Å². The molecule has 0 atom stereocenters. The lowest BCUT2D eigenvalue weighted by atomic mass is 10.1. The molecule has 1 heterocycles. The number of benzene rings is 2. The monoisotopic (exact) mass is 288 g/mol. The first-order valence-corrected chi connectivity index (χ1v) is 6.67. The fraction of sp³-hybridized carbons (Fsp3) is 0. The quantitative estimate of drug-likeness (QED) is 0.753. The average Bonchev–Trinajstić information content (AvgIpc) is 2.97. The van der Waals surface area contributed by atoms with Crippen molar-refractivity contribution < 1.29 is 4.79 Å². The number of amides is 1. The highest BCUT2D eigenvalue weighted by atomic mass is 16.2. The Hall–Kier alpha value is -3.39. The van der Waals surface area contributed by atoms with Gasteiger partial charge in [-0.1, -0.05) is 24.3 Å². The summed E-state index contributed by atoms with van der Waals surface area (Å²) < 4.78 is 1.58. The zero-order valence-electron chi connectivity index (χ0n) is 11.6. The summed E-state index contributed by atoms with van der Waals surface area (Å²) >= 11 is 0. The van der Waals surface area contributed by atoms with E-state index in [0.717, 1.165) is 16.6 Å². The lowest BCUT2D eigenvalue weighted by Crippen LogP contribution is -2.19. The summed E-state index contributed by atoms with van der Waals surface area (Å²) in [6.07, 6.45) is 4.70. The number of aromatic nitrogens is 2. The fourth-order valence-electron chi connectivity index (χ4n) is 2.04. The number of hydrogen-bond acceptors (Lipinski definition) is 3. The van der Waals surface area contributed by atoms with Crippen LogP contribution in [0.15, 0.2) is 60.9 Å². The van der Waals surface area contributed by atoms with Crippen LogP contribution in [-0.4, -0.2) is 15.6 Å². The van der Waals surface area contributed by atoms with Crippen molar-refractivity contribution in [1.29, 1.82) is 5.26 Å². The number of hydrogen-bond donors (Lipinski definition) is 1. The van der Waals surface area contributed by atoms with Crippen LogP contribution in [0.25, 0.3) is 17.1 Å². The lowest BCUT2D eigenvalue weighted by molar-refractivity contribution is -0.112. The van der Waals surface area contributed by atoms with Gasteiger partial charge < -0.3 is 0 Å². The van der Waals surface area contributed by atoms with Crippen molar-refractivity contribution in [3.8, 4) is 6.07 Å². The minimum Gasteiger partial charge on any atom is -0.268 e. The number of nitriles is 1. The molecule has 0 unspecified atom stereocenters. The van der Waals surface area contributed by atoms with E-state index < -0.39 is 0 Å². The van der Waals surface area contributed by atoms with Crippen LogP contribution in [0.2, 0.25) is 0 Å². The number of fused-ring (bicyclic) bond motifs is 1. The van der Waals surface area contributed by atoms with Gasteiger partial charge in [0.1, 0.15) is 6.33 Å². The highest BCUT2D eigenvalue weighted by Crippen LogP contribution is 2.10. The number of imidazole rings is 1. The van der Waals surface area contributed by atoms with Crippen molar-refractivity contribution in [3.05, 3.63) is 72.1 Å². The van der Waals surface area contributed by atoms with E-state index in [1.54, 1.807) is 41.3 Å². The van der Waals surface area contributed by atoms with Crippen LogP contribution in [0.3, 0.4) is 0 Å². The van der Waals surface area contributed by atoms with Crippen molar-refractivity contribution in [3.63, 3.8) is 0 Å². The zero-order valence-corrected chi connectivity index (χ0v) is 11.6. The molecule has 5 heteroatoms. The molecule has 0 aliphatic carbocycles. The molecule has 0 spiro atoms. The first-order valence-electron chi connectivity index (χ1n) is 6.67. The molecule has 0 bridgehead atoms. The van der Waals surface area contributed by atoms with Gasteiger partial charge in [-0.2, -0.15) is 5.26 Å². The van der Waals surface area contributed by atoms with Gasteiger partial charge in [0.05, 0.1) is 22.7 Å². The maximum absolute atomic E-state index is 12.0. The Morgan fingerprint density at radius 1 is 1.18 bits per heavy atom. The molecule has 2 aromatic carbocycles. The number of nitrogens with one attached hydrogen (secondary N) is 1. The van der Waals surface area contributed by atoms with Gasteiger partial charge in [0, 0.05) is 6.08 Å². The number of para-hydroxylation sites is 2. The maximum atomic E-state index is 12.0. The number of carbonyl (C=O) groups excluding carboxylic acids is 1. The molecule has 5 nitrogen and oxygen atoms in total. The first-order chi connectivity index (χ1) is 10.8. The molecule has 0 aliphatic heterocycles. The first kappa shape index (κ1) is 13.6. The highest BCUT2D eigenvalue weighted by molar-refractivity contribution is 5.98. The number of nitrogens with zero attached hydrogens (tertiary/aromatic N) is 3. The molecule has 106 valence electrons. The van der Waals surface area contributed by atoms with E-state index >= 15 is 0 Å². The van der Waals surface area contributed by atoms with Crippen LogP contribution in [0.1, 0.15) is 11.1 Å². The highest BCUT2D eigenvalue weighted by Gasteiger charge is 2.03. The number of rotatable bonds is 3. The van der Waals surface area contributed by atoms with Gasteiger partial charge in [0.2, 0.25) is 0 Å². The minimum absolute atomic E-state index is 0.257. The van der Waals surface area contributed by atoms with Crippen LogP contribution < -0.4 is 5.43 Å². The SMILES string of the molecule is N#Cc1ccc(/C=C/C(=O)Nn2cnc3ccccc32)cc1. The van der Waals surface area contributed by atoms with Crippen molar-refractivity contribution in [1.82, 2.24) is 9.66 Å². The van der Waals surface area contributed by atoms with Crippen molar-refractivity contribution in [2.24, 2.45) is 0 Å². The van der Waals surface area contributed by atoms with Crippen molar-refractivity contribution in [2.45, 2.75) is 0 Å². The molecule has 3 aromatic rings. The van der Waals surface area contributed by atoms with E-state index in [2.05, 4.69) is 16.5 Å². The Morgan fingerprint density at radius 3 is 2.73 bits per heavy atom. The largest absolute Gasteiger partial charge is 0.268 e. The van der Waals surface area contributed by atoms with Gasteiger partial charge in [0.25, 0.3) is 5.91 Å². The Kier molecular flexibility index (Phi) is 3.67. The van der Waals surface area contributed by atoms with Crippen LogP contribution in [0.4, 0.5) is 0 Å². The third-order valence-corrected chi connectivity index (χ3v) is 3.15. The maximum Gasteiger partial charge on any atom is 0.262 e. The third kappa shape index (κ3) is 2.86. The van der Waals surface area contributed by atoms with Crippen LogP contribution >= 0.6 is 0 Å². The summed E-state index contributed by atoms with van der Waals surface area (Å²) in [7, 11) is 0. The van der Waals surface area contributed by atoms with Gasteiger partial charge in [-0.05, 0) is 35.9 Å². The number of carbonyl (C=O) groups is 1. The standard InChI is InChI=1S/C17H12N4O/c18-11-14-7-5-13(6-8-14)9-10-17(22)20-21-12-19-15-3-1-2-4-16(15)21/h1-10,12H,(H,20,22)/b10-9+. The molecular weight excluding hydrogens is 276 g/mol. The smallest absolute Gasteiger partial charge is 0.262 e. The average molecular weight is 288 g/mol. The van der Waals surface area contributed by atoms with Gasteiger partial charge >= 0.3 is 0 Å². The van der Waals surface area contributed by atoms with E-state index in [9.17, 15) is 4.79 Å². The minimum atomic E-state index is -0.257. The normalized spacial score (nSPS) is 10.7. The second-order valence-corrected chi connectivity index (χ2v) is 4.65.